The van der Waals surface area contributed by atoms with E-state index in [2.05, 4.69) is 5.73 Å². The van der Waals surface area contributed by atoms with E-state index < -0.39 is 107 Å². The van der Waals surface area contributed by atoms with E-state index in [1.807, 2.05) is 0 Å². The van der Waals surface area contributed by atoms with E-state index in [4.69, 9.17) is 23.7 Å². The quantitative estimate of drug-likeness (QED) is 0.171. The summed E-state index contributed by atoms with van der Waals surface area (Å²) in [5, 5.41) is 36.6. The van der Waals surface area contributed by atoms with Crippen molar-refractivity contribution in [3.8, 4) is 0 Å². The molecule has 1 heterocycles. The van der Waals surface area contributed by atoms with Gasteiger partial charge in [0.15, 0.2) is 17.5 Å². The van der Waals surface area contributed by atoms with Gasteiger partial charge in [0, 0.05) is 37.7 Å². The zero-order valence-corrected chi connectivity index (χ0v) is 31.1. The minimum Gasteiger partial charge on any atom is -0.456 e. The van der Waals surface area contributed by atoms with Gasteiger partial charge in [-0.25, -0.2) is 9.59 Å². The number of ether oxygens (including phenoxy) is 5. The molecule has 1 aliphatic heterocycles. The second-order valence-electron chi connectivity index (χ2n) is 15.6. The summed E-state index contributed by atoms with van der Waals surface area (Å²) >= 11 is 0. The van der Waals surface area contributed by atoms with Gasteiger partial charge >= 0.3 is 23.9 Å². The monoisotopic (exact) mass is 750 g/mol. The number of carbonyl (C=O) groups excluding carboxylic acids is 5. The molecule has 6 N–H and O–H groups in total. The number of benzene rings is 2. The lowest BCUT2D eigenvalue weighted by Crippen LogP contribution is -2.82. The van der Waals surface area contributed by atoms with Crippen LogP contribution in [0.15, 0.2) is 71.8 Å². The van der Waals surface area contributed by atoms with Gasteiger partial charge in [-0.2, -0.15) is 0 Å². The van der Waals surface area contributed by atoms with E-state index in [1.54, 1.807) is 69.3 Å². The molecular weight excluding hydrogens is 702 g/mol. The largest absolute Gasteiger partial charge is 0.456 e. The van der Waals surface area contributed by atoms with Crippen LogP contribution in [0, 0.1) is 16.7 Å². The fraction of sp³-hybridized carbons (Fsp3) is 0.525. The van der Waals surface area contributed by atoms with Crippen LogP contribution in [0.1, 0.15) is 76.3 Å². The van der Waals surface area contributed by atoms with Crippen LogP contribution in [-0.4, -0.2) is 99.4 Å². The number of Topliss-reactive ketones (excluding diaryl/α,β-unsaturated/α-hetero) is 1. The highest BCUT2D eigenvalue weighted by Crippen LogP contribution is 2.64. The smallest absolute Gasteiger partial charge is 0.342 e. The highest BCUT2D eigenvalue weighted by molar-refractivity contribution is 5.95. The third kappa shape index (κ3) is 6.04. The molecule has 6 rings (SSSR count). The molecule has 3 fully saturated rings. The zero-order valence-electron chi connectivity index (χ0n) is 31.1. The number of quaternary nitrogens is 1. The van der Waals surface area contributed by atoms with Crippen molar-refractivity contribution < 1.29 is 68.7 Å². The molecule has 0 amide bonds. The first-order valence-electron chi connectivity index (χ1n) is 18.0. The van der Waals surface area contributed by atoms with Crippen molar-refractivity contribution in [3.05, 3.63) is 82.9 Å². The number of carbonyl (C=O) groups is 5. The van der Waals surface area contributed by atoms with Crippen LogP contribution in [-0.2, 0) is 42.9 Å². The average molecular weight is 751 g/mol. The van der Waals surface area contributed by atoms with Gasteiger partial charge in [0.05, 0.1) is 29.6 Å². The maximum atomic E-state index is 15.3. The summed E-state index contributed by atoms with van der Waals surface area (Å²) in [6.45, 7) is 8.15. The van der Waals surface area contributed by atoms with Gasteiger partial charge in [0.2, 0.25) is 6.10 Å². The van der Waals surface area contributed by atoms with E-state index in [-0.39, 0.29) is 29.7 Å². The molecule has 290 valence electrons. The van der Waals surface area contributed by atoms with Crippen molar-refractivity contribution in [3.63, 3.8) is 0 Å². The Labute approximate surface area is 312 Å². The van der Waals surface area contributed by atoms with Crippen LogP contribution >= 0.6 is 0 Å². The predicted molar refractivity (Wildman–Crippen MR) is 187 cm³/mol. The first-order chi connectivity index (χ1) is 25.3. The number of hydrogen-bond donors (Lipinski definition) is 4. The maximum absolute atomic E-state index is 15.3. The Morgan fingerprint density at radius 2 is 1.54 bits per heavy atom. The Bertz CT molecular complexity index is 1860. The highest BCUT2D eigenvalue weighted by Gasteiger charge is 2.78. The molecule has 0 radical (unpaired) electrons. The number of fused-ring (bicyclic) bond motifs is 5. The average Bonchev–Trinajstić information content (AvgIpc) is 3.12. The van der Waals surface area contributed by atoms with E-state index in [9.17, 15) is 34.5 Å². The molecule has 4 aliphatic rings. The molecule has 2 aromatic carbocycles. The molecule has 14 nitrogen and oxygen atoms in total. The Morgan fingerprint density at radius 1 is 0.926 bits per heavy atom. The van der Waals surface area contributed by atoms with Gasteiger partial charge < -0.3 is 44.7 Å². The second-order valence-corrected chi connectivity index (χ2v) is 15.6. The minimum atomic E-state index is -2.30. The highest BCUT2D eigenvalue weighted by atomic mass is 16.6. The van der Waals surface area contributed by atoms with Gasteiger partial charge in [-0.05, 0) is 37.1 Å². The fourth-order valence-corrected chi connectivity index (χ4v) is 9.27. The Kier molecular flexibility index (Phi) is 10.2. The molecule has 54 heavy (non-hydrogen) atoms. The SMILES string of the molecule is CC(=O)O[C@H]1C(=O)[C@@]2(C)[C@H]([C@H](OC(=O)c3ccccc3)[C@]3(O)C[C@H](OC(=O)[C@H](O)[C@@H]([NH3+])c4ccccc4)C(C)=C1C3(C)C)[C@]1(OC(C)=O)CO[C@@H]1C[C@@H]2O. The standard InChI is InChI=1S/C40H47NO13/c1-20-25(52-36(48)30(45)29(41)23-13-9-7-10-14-23)18-40(49)34(53-35(47)24-15-11-8-12-16-24)32-38(6,26(44)17-27-39(32,19-50-27)54-22(3)43)33(46)31(51-21(2)42)28(20)37(40,4)5/h7-16,25-27,29-32,34,44-45,49H,17-19,41H2,1-6H3/p+1/t25-,26-,27+,29-,30+,31+,32-,34-,38+,39-,40+/m0/s1. The maximum Gasteiger partial charge on any atom is 0.342 e. The Balaban J connectivity index is 1.58. The van der Waals surface area contributed by atoms with Crippen LogP contribution in [0.3, 0.4) is 0 Å². The van der Waals surface area contributed by atoms with Crippen LogP contribution in [0.4, 0.5) is 0 Å². The molecule has 0 unspecified atom stereocenters. The van der Waals surface area contributed by atoms with E-state index in [1.165, 1.54) is 26.0 Å². The Morgan fingerprint density at radius 3 is 2.09 bits per heavy atom. The van der Waals surface area contributed by atoms with Crippen LogP contribution in [0.2, 0.25) is 0 Å². The zero-order chi connectivity index (χ0) is 39.5. The molecular formula is C40H48NO13+. The number of rotatable bonds is 8. The van der Waals surface area contributed by atoms with Gasteiger partial charge in [-0.1, -0.05) is 62.4 Å². The first-order valence-corrected chi connectivity index (χ1v) is 18.0. The third-order valence-electron chi connectivity index (χ3n) is 12.3. The van der Waals surface area contributed by atoms with E-state index >= 15 is 4.79 Å². The minimum absolute atomic E-state index is 0.0547. The lowest BCUT2D eigenvalue weighted by atomic mass is 9.44. The lowest BCUT2D eigenvalue weighted by Gasteiger charge is -2.67. The summed E-state index contributed by atoms with van der Waals surface area (Å²) in [5.41, 5.74) is -2.71. The summed E-state index contributed by atoms with van der Waals surface area (Å²) < 4.78 is 30.0. The van der Waals surface area contributed by atoms with Crippen molar-refractivity contribution in [2.24, 2.45) is 16.7 Å². The van der Waals surface area contributed by atoms with Crippen molar-refractivity contribution in [2.75, 3.05) is 6.61 Å². The van der Waals surface area contributed by atoms with Gasteiger partial charge in [-0.3, -0.25) is 14.4 Å². The number of ketones is 1. The Hall–Kier alpha value is -4.47. The second kappa shape index (κ2) is 14.0. The van der Waals surface area contributed by atoms with Crippen molar-refractivity contribution >= 4 is 29.7 Å². The number of aliphatic hydroxyl groups is 3. The van der Waals surface area contributed by atoms with Crippen molar-refractivity contribution in [2.45, 2.75) is 108 Å². The van der Waals surface area contributed by atoms with Crippen molar-refractivity contribution in [1.82, 2.24) is 0 Å². The van der Waals surface area contributed by atoms with Crippen LogP contribution < -0.4 is 5.73 Å². The van der Waals surface area contributed by atoms with Crippen LogP contribution in [0.25, 0.3) is 0 Å². The van der Waals surface area contributed by atoms with Crippen LogP contribution in [0.5, 0.6) is 0 Å². The molecule has 0 aromatic heterocycles. The number of aliphatic hydroxyl groups excluding tert-OH is 2. The molecule has 14 heteroatoms. The lowest BCUT2D eigenvalue weighted by molar-refractivity contribution is -0.441. The number of esters is 4. The molecule has 2 aromatic rings. The van der Waals surface area contributed by atoms with E-state index in [0.717, 1.165) is 6.92 Å². The van der Waals surface area contributed by atoms with E-state index in [0.29, 0.717) is 5.56 Å². The summed E-state index contributed by atoms with van der Waals surface area (Å²) in [4.78, 5) is 68.8. The summed E-state index contributed by atoms with van der Waals surface area (Å²) in [7, 11) is 0. The molecule has 2 bridgehead atoms. The summed E-state index contributed by atoms with van der Waals surface area (Å²) in [6, 6.07) is 15.6. The van der Waals surface area contributed by atoms with Gasteiger partial charge in [0.1, 0.15) is 30.0 Å². The van der Waals surface area contributed by atoms with Gasteiger partial charge in [0.25, 0.3) is 0 Å². The topological polar surface area (TPSA) is 220 Å². The normalized spacial score (nSPS) is 35.0. The molecule has 2 saturated carbocycles. The summed E-state index contributed by atoms with van der Waals surface area (Å²) in [6.07, 6.45) is -9.77. The fourth-order valence-electron chi connectivity index (χ4n) is 9.27. The molecule has 3 aliphatic carbocycles. The molecule has 1 saturated heterocycles. The van der Waals surface area contributed by atoms with Crippen molar-refractivity contribution in [1.29, 1.82) is 0 Å². The molecule has 11 atom stereocenters. The number of hydrogen-bond acceptors (Lipinski definition) is 13. The van der Waals surface area contributed by atoms with Gasteiger partial charge in [-0.15, -0.1) is 0 Å². The molecule has 0 spiro atoms. The first kappa shape index (κ1) is 39.2. The summed E-state index contributed by atoms with van der Waals surface area (Å²) in [5.74, 6) is -5.91. The third-order valence-corrected chi connectivity index (χ3v) is 12.3. The predicted octanol–water partition coefficient (Wildman–Crippen LogP) is 1.55.